The van der Waals surface area contributed by atoms with Gasteiger partial charge in [0.25, 0.3) is 0 Å². The Bertz CT molecular complexity index is 766. The number of thioether (sulfide) groups is 1. The second-order valence-corrected chi connectivity index (χ2v) is 7.05. The number of carbonyl (C=O) groups is 2. The number of carbonyl (C=O) groups excluding carboxylic acids is 2. The molecular formula is C16H20ClN5O3S. The molecule has 0 spiro atoms. The van der Waals surface area contributed by atoms with Crippen LogP contribution in [0.15, 0.2) is 29.4 Å². The Hall–Kier alpha value is -2.26. The largest absolute Gasteiger partial charge is 0.486 e. The van der Waals surface area contributed by atoms with Crippen molar-refractivity contribution >= 4 is 35.3 Å². The number of nitrogens with one attached hydrogen (secondary N) is 2. The predicted molar refractivity (Wildman–Crippen MR) is 99.3 cm³/mol. The fraction of sp³-hybridized carbons (Fsp3) is 0.375. The van der Waals surface area contributed by atoms with Crippen LogP contribution in [-0.4, -0.2) is 38.5 Å². The zero-order chi connectivity index (χ0) is 19.1. The van der Waals surface area contributed by atoms with E-state index in [1.54, 1.807) is 49.7 Å². The van der Waals surface area contributed by atoms with Gasteiger partial charge in [-0.2, -0.15) is 0 Å². The van der Waals surface area contributed by atoms with Crippen molar-refractivity contribution in [2.45, 2.75) is 30.9 Å². The van der Waals surface area contributed by atoms with Gasteiger partial charge in [-0.1, -0.05) is 23.4 Å². The number of amides is 3. The Morgan fingerprint density at radius 2 is 2.00 bits per heavy atom. The fourth-order valence-electron chi connectivity index (χ4n) is 1.88. The SMILES string of the molecule is CCNC(=O)NC(=O)[C@H](C)Sc1nnc(COc2ccc(Cl)cc2)n1C. The standard InChI is InChI=1S/C16H20ClN5O3S/c1-4-18-15(24)19-14(23)10(2)26-16-21-20-13(22(16)3)9-25-12-7-5-11(17)6-8-12/h5-8,10H,4,9H2,1-3H3,(H2,18,19,23,24)/t10-/m0/s1. The van der Waals surface area contributed by atoms with Crippen LogP contribution in [0, 0.1) is 0 Å². The van der Waals surface area contributed by atoms with Crippen LogP contribution < -0.4 is 15.4 Å². The molecule has 0 radical (unpaired) electrons. The molecule has 0 fully saturated rings. The number of benzene rings is 1. The van der Waals surface area contributed by atoms with Gasteiger partial charge in [-0.15, -0.1) is 10.2 Å². The van der Waals surface area contributed by atoms with Crippen molar-refractivity contribution in [3.63, 3.8) is 0 Å². The number of nitrogens with zero attached hydrogens (tertiary/aromatic N) is 3. The van der Waals surface area contributed by atoms with Crippen molar-refractivity contribution < 1.29 is 14.3 Å². The van der Waals surface area contributed by atoms with E-state index in [-0.39, 0.29) is 6.61 Å². The minimum Gasteiger partial charge on any atom is -0.486 e. The Morgan fingerprint density at radius 1 is 1.31 bits per heavy atom. The molecule has 2 rings (SSSR count). The molecule has 0 aliphatic heterocycles. The molecule has 0 bridgehead atoms. The maximum atomic E-state index is 12.0. The van der Waals surface area contributed by atoms with Crippen LogP contribution in [0.3, 0.4) is 0 Å². The highest BCUT2D eigenvalue weighted by atomic mass is 35.5. The topological polar surface area (TPSA) is 98.1 Å². The highest BCUT2D eigenvalue weighted by Gasteiger charge is 2.20. The van der Waals surface area contributed by atoms with E-state index in [0.29, 0.717) is 28.3 Å². The molecule has 8 nitrogen and oxygen atoms in total. The van der Waals surface area contributed by atoms with Crippen molar-refractivity contribution in [2.75, 3.05) is 6.54 Å². The molecule has 0 saturated heterocycles. The highest BCUT2D eigenvalue weighted by molar-refractivity contribution is 8.00. The monoisotopic (exact) mass is 397 g/mol. The summed E-state index contributed by atoms with van der Waals surface area (Å²) in [5, 5.41) is 13.6. The smallest absolute Gasteiger partial charge is 0.321 e. The first-order valence-electron chi connectivity index (χ1n) is 7.92. The Labute approximate surface area is 160 Å². The summed E-state index contributed by atoms with van der Waals surface area (Å²) < 4.78 is 7.40. The molecule has 2 aromatic rings. The molecular weight excluding hydrogens is 378 g/mol. The summed E-state index contributed by atoms with van der Waals surface area (Å²) in [7, 11) is 1.79. The number of rotatable bonds is 7. The molecule has 0 unspecified atom stereocenters. The van der Waals surface area contributed by atoms with Gasteiger partial charge < -0.3 is 14.6 Å². The van der Waals surface area contributed by atoms with Crippen LogP contribution in [0.25, 0.3) is 0 Å². The third-order valence-corrected chi connectivity index (χ3v) is 4.72. The molecule has 0 aliphatic carbocycles. The van der Waals surface area contributed by atoms with Gasteiger partial charge in [0.05, 0.1) is 5.25 Å². The molecule has 0 aliphatic rings. The molecule has 3 amide bonds. The third-order valence-electron chi connectivity index (χ3n) is 3.33. The second-order valence-electron chi connectivity index (χ2n) is 5.31. The van der Waals surface area contributed by atoms with Crippen LogP contribution in [0.1, 0.15) is 19.7 Å². The average Bonchev–Trinajstić information content (AvgIpc) is 2.94. The number of hydrogen-bond acceptors (Lipinski definition) is 6. The molecule has 1 atom stereocenters. The minimum atomic E-state index is -0.514. The van der Waals surface area contributed by atoms with Crippen molar-refractivity contribution in [2.24, 2.45) is 7.05 Å². The molecule has 1 heterocycles. The predicted octanol–water partition coefficient (Wildman–Crippen LogP) is 2.37. The molecule has 0 saturated carbocycles. The zero-order valence-corrected chi connectivity index (χ0v) is 16.2. The van der Waals surface area contributed by atoms with Crippen molar-refractivity contribution in [3.8, 4) is 5.75 Å². The highest BCUT2D eigenvalue weighted by Crippen LogP contribution is 2.22. The summed E-state index contributed by atoms with van der Waals surface area (Å²) in [5.41, 5.74) is 0. The van der Waals surface area contributed by atoms with E-state index >= 15 is 0 Å². The Kier molecular flexibility index (Phi) is 7.28. The second kappa shape index (κ2) is 9.44. The first-order chi connectivity index (χ1) is 12.4. The quantitative estimate of drug-likeness (QED) is 0.696. The summed E-state index contributed by atoms with van der Waals surface area (Å²) in [6.45, 7) is 4.14. The van der Waals surface area contributed by atoms with E-state index in [2.05, 4.69) is 20.8 Å². The van der Waals surface area contributed by atoms with Gasteiger partial charge in [-0.25, -0.2) is 4.79 Å². The van der Waals surface area contributed by atoms with E-state index in [4.69, 9.17) is 16.3 Å². The van der Waals surface area contributed by atoms with E-state index in [1.807, 2.05) is 0 Å². The van der Waals surface area contributed by atoms with Crippen molar-refractivity contribution in [1.82, 2.24) is 25.4 Å². The Balaban J connectivity index is 1.92. The van der Waals surface area contributed by atoms with Crippen LogP contribution in [-0.2, 0) is 18.4 Å². The van der Waals surface area contributed by atoms with Gasteiger partial charge >= 0.3 is 6.03 Å². The molecule has 10 heteroatoms. The first-order valence-corrected chi connectivity index (χ1v) is 9.18. The minimum absolute atomic E-state index is 0.227. The van der Waals surface area contributed by atoms with E-state index in [9.17, 15) is 9.59 Å². The number of halogens is 1. The molecule has 1 aromatic heterocycles. The van der Waals surface area contributed by atoms with Crippen LogP contribution in [0.2, 0.25) is 5.02 Å². The van der Waals surface area contributed by atoms with E-state index in [1.165, 1.54) is 11.8 Å². The molecule has 26 heavy (non-hydrogen) atoms. The normalized spacial score (nSPS) is 11.7. The lowest BCUT2D eigenvalue weighted by molar-refractivity contribution is -0.119. The van der Waals surface area contributed by atoms with Gasteiger partial charge in [0.1, 0.15) is 12.4 Å². The first kappa shape index (κ1) is 20.1. The number of imide groups is 1. The molecule has 140 valence electrons. The van der Waals surface area contributed by atoms with E-state index < -0.39 is 17.2 Å². The van der Waals surface area contributed by atoms with Gasteiger partial charge in [0.2, 0.25) is 5.91 Å². The van der Waals surface area contributed by atoms with Gasteiger partial charge in [0, 0.05) is 18.6 Å². The van der Waals surface area contributed by atoms with Crippen molar-refractivity contribution in [1.29, 1.82) is 0 Å². The number of urea groups is 1. The van der Waals surface area contributed by atoms with E-state index in [0.717, 1.165) is 0 Å². The lowest BCUT2D eigenvalue weighted by atomic mass is 10.3. The fourth-order valence-corrected chi connectivity index (χ4v) is 2.84. The lowest BCUT2D eigenvalue weighted by Gasteiger charge is -2.11. The average molecular weight is 398 g/mol. The zero-order valence-electron chi connectivity index (χ0n) is 14.7. The summed E-state index contributed by atoms with van der Waals surface area (Å²) in [5.74, 6) is 0.878. The lowest BCUT2D eigenvalue weighted by Crippen LogP contribution is -2.42. The van der Waals surface area contributed by atoms with Gasteiger partial charge in [0.15, 0.2) is 11.0 Å². The number of hydrogen-bond donors (Lipinski definition) is 2. The number of ether oxygens (including phenoxy) is 1. The summed E-state index contributed by atoms with van der Waals surface area (Å²) in [4.78, 5) is 23.4. The summed E-state index contributed by atoms with van der Waals surface area (Å²) in [6.07, 6.45) is 0. The maximum Gasteiger partial charge on any atom is 0.321 e. The third kappa shape index (κ3) is 5.63. The van der Waals surface area contributed by atoms with Crippen LogP contribution >= 0.6 is 23.4 Å². The van der Waals surface area contributed by atoms with Crippen LogP contribution in [0.5, 0.6) is 5.75 Å². The van der Waals surface area contributed by atoms with Crippen molar-refractivity contribution in [3.05, 3.63) is 35.1 Å². The maximum absolute atomic E-state index is 12.0. The summed E-state index contributed by atoms with van der Waals surface area (Å²) in [6, 6.07) is 6.50. The number of aromatic nitrogens is 3. The summed E-state index contributed by atoms with van der Waals surface area (Å²) >= 11 is 7.05. The molecule has 1 aromatic carbocycles. The Morgan fingerprint density at radius 3 is 2.65 bits per heavy atom. The van der Waals surface area contributed by atoms with Crippen LogP contribution in [0.4, 0.5) is 4.79 Å². The molecule has 2 N–H and O–H groups in total. The van der Waals surface area contributed by atoms with Gasteiger partial charge in [-0.3, -0.25) is 10.1 Å². The van der Waals surface area contributed by atoms with Gasteiger partial charge in [-0.05, 0) is 38.1 Å².